The average Bonchev–Trinajstić information content (AvgIpc) is 2.62. The molecule has 0 aromatic heterocycles. The van der Waals surface area contributed by atoms with Crippen molar-refractivity contribution in [2.75, 3.05) is 0 Å². The summed E-state index contributed by atoms with van der Waals surface area (Å²) < 4.78 is 6.01. The van der Waals surface area contributed by atoms with E-state index in [0.29, 0.717) is 5.75 Å². The molecule has 0 aliphatic rings. The van der Waals surface area contributed by atoms with Crippen molar-refractivity contribution < 1.29 is 14.9 Å². The summed E-state index contributed by atoms with van der Waals surface area (Å²) in [5.74, 6) is 0.767. The van der Waals surface area contributed by atoms with E-state index in [1.165, 1.54) is 0 Å². The van der Waals surface area contributed by atoms with Crippen LogP contribution in [-0.2, 0) is 0 Å². The van der Waals surface area contributed by atoms with Gasteiger partial charge in [0.2, 0.25) is 0 Å². The van der Waals surface area contributed by atoms with Crippen LogP contribution in [0, 0.1) is 0 Å². The van der Waals surface area contributed by atoms with Gasteiger partial charge in [0.05, 0.1) is 0 Å². The molecule has 0 radical (unpaired) electrons. The van der Waals surface area contributed by atoms with Gasteiger partial charge in [-0.3, -0.25) is 0 Å². The van der Waals surface area contributed by atoms with Gasteiger partial charge in [-0.2, -0.15) is 0 Å². The van der Waals surface area contributed by atoms with Crippen LogP contribution in [0.2, 0.25) is 0 Å². The third kappa shape index (κ3) is 3.71. The van der Waals surface area contributed by atoms with E-state index in [2.05, 4.69) is 0 Å². The predicted octanol–water partition coefficient (Wildman–Crippen LogP) is 4.25. The average molecular weight is 306 g/mol. The van der Waals surface area contributed by atoms with Crippen molar-refractivity contribution in [2.45, 2.75) is 12.2 Å². The maximum atomic E-state index is 10.8. The molecule has 3 aromatic rings. The second-order valence-electron chi connectivity index (χ2n) is 5.30. The van der Waals surface area contributed by atoms with Gasteiger partial charge in [-0.15, -0.1) is 0 Å². The minimum absolute atomic E-state index is 0.178. The van der Waals surface area contributed by atoms with Crippen LogP contribution < -0.4 is 4.74 Å². The molecule has 23 heavy (non-hydrogen) atoms. The molecule has 0 heterocycles. The van der Waals surface area contributed by atoms with Crippen LogP contribution in [0.5, 0.6) is 11.5 Å². The fourth-order valence-electron chi connectivity index (χ4n) is 2.45. The Labute approximate surface area is 135 Å². The monoisotopic (exact) mass is 306 g/mol. The maximum absolute atomic E-state index is 10.8. The van der Waals surface area contributed by atoms with E-state index in [-0.39, 0.29) is 5.75 Å². The summed E-state index contributed by atoms with van der Waals surface area (Å²) in [4.78, 5) is 0. The SMILES string of the molecule is Oc1ccc(O[C@@H](c2ccccc2)[C@H](O)c2ccccc2)cc1. The van der Waals surface area contributed by atoms with Gasteiger partial charge >= 0.3 is 0 Å². The van der Waals surface area contributed by atoms with Gasteiger partial charge in [0.15, 0.2) is 6.10 Å². The number of aliphatic hydroxyl groups excluding tert-OH is 1. The van der Waals surface area contributed by atoms with E-state index >= 15 is 0 Å². The molecule has 0 aliphatic heterocycles. The van der Waals surface area contributed by atoms with E-state index in [1.54, 1.807) is 24.3 Å². The lowest BCUT2D eigenvalue weighted by atomic mass is 9.98. The van der Waals surface area contributed by atoms with Gasteiger partial charge in [-0.05, 0) is 35.4 Å². The van der Waals surface area contributed by atoms with E-state index in [0.717, 1.165) is 11.1 Å². The van der Waals surface area contributed by atoms with Crippen molar-refractivity contribution in [1.82, 2.24) is 0 Å². The number of hydrogen-bond donors (Lipinski definition) is 2. The largest absolute Gasteiger partial charge is 0.508 e. The van der Waals surface area contributed by atoms with Crippen molar-refractivity contribution in [3.05, 3.63) is 96.1 Å². The number of rotatable bonds is 5. The number of phenolic OH excluding ortho intramolecular Hbond substituents is 1. The molecule has 0 aliphatic carbocycles. The summed E-state index contributed by atoms with van der Waals surface area (Å²) in [5.41, 5.74) is 1.68. The van der Waals surface area contributed by atoms with Crippen molar-refractivity contribution in [2.24, 2.45) is 0 Å². The Morgan fingerprint density at radius 1 is 0.652 bits per heavy atom. The molecule has 116 valence electrons. The van der Waals surface area contributed by atoms with Crippen LogP contribution >= 0.6 is 0 Å². The number of aliphatic hydroxyl groups is 1. The minimum atomic E-state index is -0.799. The zero-order chi connectivity index (χ0) is 16.1. The van der Waals surface area contributed by atoms with Crippen LogP contribution in [-0.4, -0.2) is 10.2 Å². The first-order valence-corrected chi connectivity index (χ1v) is 7.48. The molecule has 2 atom stereocenters. The number of phenols is 1. The highest BCUT2D eigenvalue weighted by atomic mass is 16.5. The highest BCUT2D eigenvalue weighted by Gasteiger charge is 2.24. The van der Waals surface area contributed by atoms with Gasteiger partial charge in [-0.1, -0.05) is 60.7 Å². The zero-order valence-electron chi connectivity index (χ0n) is 12.5. The molecule has 0 amide bonds. The topological polar surface area (TPSA) is 49.7 Å². The zero-order valence-corrected chi connectivity index (χ0v) is 12.5. The Kier molecular flexibility index (Phi) is 4.60. The van der Waals surface area contributed by atoms with Crippen molar-refractivity contribution in [3.63, 3.8) is 0 Å². The number of benzene rings is 3. The van der Waals surface area contributed by atoms with Crippen molar-refractivity contribution in [3.8, 4) is 11.5 Å². The lowest BCUT2D eigenvalue weighted by molar-refractivity contribution is 0.0343. The molecule has 3 rings (SSSR count). The predicted molar refractivity (Wildman–Crippen MR) is 89.3 cm³/mol. The molecule has 3 aromatic carbocycles. The standard InChI is InChI=1S/C20H18O3/c21-17-11-13-18(14-12-17)23-20(16-9-5-2-6-10-16)19(22)15-7-3-1-4-8-15/h1-14,19-22H/t19-,20+/m1/s1. The van der Waals surface area contributed by atoms with E-state index < -0.39 is 12.2 Å². The highest BCUT2D eigenvalue weighted by Crippen LogP contribution is 2.33. The Morgan fingerprint density at radius 2 is 1.17 bits per heavy atom. The summed E-state index contributed by atoms with van der Waals surface area (Å²) in [5, 5.41) is 20.2. The quantitative estimate of drug-likeness (QED) is 0.741. The fourth-order valence-corrected chi connectivity index (χ4v) is 2.45. The molecule has 0 saturated carbocycles. The van der Waals surface area contributed by atoms with Gasteiger partial charge in [-0.25, -0.2) is 0 Å². The molecule has 0 saturated heterocycles. The van der Waals surface area contributed by atoms with Crippen LogP contribution in [0.25, 0.3) is 0 Å². The first-order valence-electron chi connectivity index (χ1n) is 7.48. The van der Waals surface area contributed by atoms with E-state index in [9.17, 15) is 10.2 Å². The second kappa shape index (κ2) is 6.99. The van der Waals surface area contributed by atoms with Gasteiger partial charge < -0.3 is 14.9 Å². The lowest BCUT2D eigenvalue weighted by Crippen LogP contribution is -2.17. The Balaban J connectivity index is 1.92. The second-order valence-corrected chi connectivity index (χ2v) is 5.30. The van der Waals surface area contributed by atoms with Crippen LogP contribution in [0.15, 0.2) is 84.9 Å². The maximum Gasteiger partial charge on any atom is 0.154 e. The van der Waals surface area contributed by atoms with Crippen molar-refractivity contribution >= 4 is 0 Å². The smallest absolute Gasteiger partial charge is 0.154 e. The third-order valence-corrected chi connectivity index (χ3v) is 3.66. The Hall–Kier alpha value is -2.78. The summed E-state index contributed by atoms with van der Waals surface area (Å²) in [7, 11) is 0. The molecule has 0 unspecified atom stereocenters. The molecular formula is C20H18O3. The molecule has 0 spiro atoms. The van der Waals surface area contributed by atoms with Gasteiger partial charge in [0, 0.05) is 0 Å². The molecular weight excluding hydrogens is 288 g/mol. The van der Waals surface area contributed by atoms with Gasteiger partial charge in [0.1, 0.15) is 17.6 Å². The first-order chi connectivity index (χ1) is 11.2. The Morgan fingerprint density at radius 3 is 1.74 bits per heavy atom. The van der Waals surface area contributed by atoms with E-state index in [4.69, 9.17) is 4.74 Å². The minimum Gasteiger partial charge on any atom is -0.508 e. The summed E-state index contributed by atoms with van der Waals surface area (Å²) in [6.45, 7) is 0. The number of ether oxygens (including phenoxy) is 1. The fraction of sp³-hybridized carbons (Fsp3) is 0.100. The van der Waals surface area contributed by atoms with Crippen LogP contribution in [0.4, 0.5) is 0 Å². The van der Waals surface area contributed by atoms with E-state index in [1.807, 2.05) is 60.7 Å². The molecule has 0 bridgehead atoms. The molecule has 3 heteroatoms. The summed E-state index contributed by atoms with van der Waals surface area (Å²) >= 11 is 0. The molecule has 2 N–H and O–H groups in total. The highest BCUT2D eigenvalue weighted by molar-refractivity contribution is 5.32. The lowest BCUT2D eigenvalue weighted by Gasteiger charge is -2.25. The summed E-state index contributed by atoms with van der Waals surface area (Å²) in [6.07, 6.45) is -1.34. The first kappa shape index (κ1) is 15.1. The van der Waals surface area contributed by atoms with Crippen LogP contribution in [0.3, 0.4) is 0 Å². The number of aromatic hydroxyl groups is 1. The molecule has 0 fully saturated rings. The third-order valence-electron chi connectivity index (χ3n) is 3.66. The normalized spacial score (nSPS) is 13.3. The van der Waals surface area contributed by atoms with Crippen molar-refractivity contribution in [1.29, 1.82) is 0 Å². The number of hydrogen-bond acceptors (Lipinski definition) is 3. The summed E-state index contributed by atoms with van der Waals surface area (Å²) in [6, 6.07) is 25.5. The van der Waals surface area contributed by atoms with Crippen LogP contribution in [0.1, 0.15) is 23.3 Å². The Bertz CT molecular complexity index is 724. The van der Waals surface area contributed by atoms with Gasteiger partial charge in [0.25, 0.3) is 0 Å². The molecule has 3 nitrogen and oxygen atoms in total.